The van der Waals surface area contributed by atoms with Crippen LogP contribution in [0, 0.1) is 0 Å². The zero-order valence-electron chi connectivity index (χ0n) is 13.9. The summed E-state index contributed by atoms with van der Waals surface area (Å²) in [7, 11) is 0. The Balaban J connectivity index is 1.73. The number of benzene rings is 2. The standard InChI is InChI=1S/C19H19N3O2S/c1-2-24-17-7-6-15(20)11-16(17)18(23)22-12-13-4-3-5-14(10-13)19-21-8-9-25-19/h3-11H,2,12,20H2,1H3,(H,22,23). The first-order valence-electron chi connectivity index (χ1n) is 7.96. The number of carbonyl (C=O) groups is 1. The van der Waals surface area contributed by atoms with Crippen LogP contribution in [0.5, 0.6) is 5.75 Å². The number of anilines is 1. The van der Waals surface area contributed by atoms with Crippen LogP contribution in [0.15, 0.2) is 54.0 Å². The second-order valence-electron chi connectivity index (χ2n) is 5.41. The van der Waals surface area contributed by atoms with Crippen molar-refractivity contribution in [2.75, 3.05) is 12.3 Å². The number of nitrogens with one attached hydrogen (secondary N) is 1. The zero-order valence-corrected chi connectivity index (χ0v) is 14.7. The zero-order chi connectivity index (χ0) is 17.6. The van der Waals surface area contributed by atoms with Crippen molar-refractivity contribution in [3.8, 4) is 16.3 Å². The number of nitrogens with zero attached hydrogens (tertiary/aromatic N) is 1. The third-order valence-electron chi connectivity index (χ3n) is 3.61. The number of thiazole rings is 1. The first kappa shape index (κ1) is 17.0. The molecule has 5 nitrogen and oxygen atoms in total. The summed E-state index contributed by atoms with van der Waals surface area (Å²) in [5.41, 5.74) is 8.82. The molecule has 3 aromatic rings. The summed E-state index contributed by atoms with van der Waals surface area (Å²) in [6.07, 6.45) is 1.78. The molecule has 25 heavy (non-hydrogen) atoms. The average Bonchev–Trinajstić information content (AvgIpc) is 3.16. The van der Waals surface area contributed by atoms with Crippen LogP contribution in [-0.2, 0) is 6.54 Å². The predicted octanol–water partition coefficient (Wildman–Crippen LogP) is 3.72. The van der Waals surface area contributed by atoms with Crippen LogP contribution in [-0.4, -0.2) is 17.5 Å². The van der Waals surface area contributed by atoms with Gasteiger partial charge in [-0.15, -0.1) is 11.3 Å². The summed E-state index contributed by atoms with van der Waals surface area (Å²) in [5, 5.41) is 5.83. The SMILES string of the molecule is CCOc1ccc(N)cc1C(=O)NCc1cccc(-c2nccs2)c1. The van der Waals surface area contributed by atoms with E-state index in [-0.39, 0.29) is 5.91 Å². The second kappa shape index (κ2) is 7.81. The summed E-state index contributed by atoms with van der Waals surface area (Å²) in [4.78, 5) is 16.8. The number of rotatable bonds is 6. The van der Waals surface area contributed by atoms with Crippen molar-refractivity contribution in [3.05, 3.63) is 65.2 Å². The highest BCUT2D eigenvalue weighted by Crippen LogP contribution is 2.23. The summed E-state index contributed by atoms with van der Waals surface area (Å²) < 4.78 is 5.51. The molecule has 0 atom stereocenters. The molecule has 1 heterocycles. The van der Waals surface area contributed by atoms with Crippen molar-refractivity contribution in [3.63, 3.8) is 0 Å². The average molecular weight is 353 g/mol. The normalized spacial score (nSPS) is 10.4. The van der Waals surface area contributed by atoms with Gasteiger partial charge in [0.25, 0.3) is 5.91 Å². The van der Waals surface area contributed by atoms with Crippen molar-refractivity contribution in [2.24, 2.45) is 0 Å². The molecule has 3 rings (SSSR count). The molecule has 0 aliphatic heterocycles. The third-order valence-corrected chi connectivity index (χ3v) is 4.43. The van der Waals surface area contributed by atoms with E-state index < -0.39 is 0 Å². The van der Waals surface area contributed by atoms with Crippen molar-refractivity contribution >= 4 is 22.9 Å². The second-order valence-corrected chi connectivity index (χ2v) is 6.30. The van der Waals surface area contributed by atoms with Gasteiger partial charge in [-0.3, -0.25) is 4.79 Å². The molecular formula is C19H19N3O2S. The van der Waals surface area contributed by atoms with E-state index in [4.69, 9.17) is 10.5 Å². The third kappa shape index (κ3) is 4.16. The minimum atomic E-state index is -0.213. The highest BCUT2D eigenvalue weighted by molar-refractivity contribution is 7.13. The van der Waals surface area contributed by atoms with Crippen LogP contribution in [0.4, 0.5) is 5.69 Å². The molecule has 0 fully saturated rings. The van der Waals surface area contributed by atoms with Crippen LogP contribution in [0.3, 0.4) is 0 Å². The smallest absolute Gasteiger partial charge is 0.255 e. The Morgan fingerprint density at radius 1 is 1.28 bits per heavy atom. The molecule has 0 spiro atoms. The molecule has 0 radical (unpaired) electrons. The fourth-order valence-corrected chi connectivity index (χ4v) is 3.10. The Labute approximate surface area is 150 Å². The largest absolute Gasteiger partial charge is 0.493 e. The van der Waals surface area contributed by atoms with Gasteiger partial charge in [0.1, 0.15) is 10.8 Å². The molecule has 128 valence electrons. The number of hydrogen-bond acceptors (Lipinski definition) is 5. The van der Waals surface area contributed by atoms with Crippen molar-refractivity contribution in [2.45, 2.75) is 13.5 Å². The van der Waals surface area contributed by atoms with Crippen molar-refractivity contribution in [1.29, 1.82) is 0 Å². The first-order valence-corrected chi connectivity index (χ1v) is 8.84. The summed E-state index contributed by atoms with van der Waals surface area (Å²) in [6, 6.07) is 13.0. The van der Waals surface area contributed by atoms with Gasteiger partial charge in [-0.05, 0) is 36.8 Å². The topological polar surface area (TPSA) is 77.2 Å². The summed E-state index contributed by atoms with van der Waals surface area (Å²) in [6.45, 7) is 2.78. The number of amides is 1. The lowest BCUT2D eigenvalue weighted by Gasteiger charge is -2.12. The maximum atomic E-state index is 12.5. The molecule has 0 aliphatic rings. The fraction of sp³-hybridized carbons (Fsp3) is 0.158. The maximum Gasteiger partial charge on any atom is 0.255 e. The van der Waals surface area contributed by atoms with Gasteiger partial charge in [-0.25, -0.2) is 4.98 Å². The van der Waals surface area contributed by atoms with E-state index in [1.165, 1.54) is 0 Å². The molecule has 3 N–H and O–H groups in total. The summed E-state index contributed by atoms with van der Waals surface area (Å²) in [5.74, 6) is 0.320. The predicted molar refractivity (Wildman–Crippen MR) is 101 cm³/mol. The van der Waals surface area contributed by atoms with E-state index in [1.807, 2.05) is 36.6 Å². The molecule has 2 aromatic carbocycles. The Bertz CT molecular complexity index is 863. The molecule has 1 aromatic heterocycles. The molecule has 0 saturated carbocycles. The van der Waals surface area contributed by atoms with E-state index >= 15 is 0 Å². The highest BCUT2D eigenvalue weighted by Gasteiger charge is 2.13. The summed E-state index contributed by atoms with van der Waals surface area (Å²) >= 11 is 1.59. The highest BCUT2D eigenvalue weighted by atomic mass is 32.1. The maximum absolute atomic E-state index is 12.5. The van der Waals surface area contributed by atoms with Crippen LogP contribution in [0.1, 0.15) is 22.8 Å². The lowest BCUT2D eigenvalue weighted by atomic mass is 10.1. The number of nitrogens with two attached hydrogens (primary N) is 1. The van der Waals surface area contributed by atoms with Crippen LogP contribution in [0.2, 0.25) is 0 Å². The Kier molecular flexibility index (Phi) is 5.30. The van der Waals surface area contributed by atoms with Crippen LogP contribution in [0.25, 0.3) is 10.6 Å². The van der Waals surface area contributed by atoms with E-state index in [0.29, 0.717) is 30.2 Å². The minimum Gasteiger partial charge on any atom is -0.493 e. The van der Waals surface area contributed by atoms with Gasteiger partial charge in [0.2, 0.25) is 0 Å². The monoisotopic (exact) mass is 353 g/mol. The van der Waals surface area contributed by atoms with E-state index in [9.17, 15) is 4.79 Å². The van der Waals surface area contributed by atoms with Gasteiger partial charge in [0.05, 0.1) is 12.2 Å². The molecule has 0 aliphatic carbocycles. The number of ether oxygens (including phenoxy) is 1. The number of carbonyl (C=O) groups excluding carboxylic acids is 1. The van der Waals surface area contributed by atoms with Crippen LogP contribution >= 0.6 is 11.3 Å². The Morgan fingerprint density at radius 3 is 2.92 bits per heavy atom. The van der Waals surface area contributed by atoms with Gasteiger partial charge in [0.15, 0.2) is 0 Å². The lowest BCUT2D eigenvalue weighted by Crippen LogP contribution is -2.23. The first-order chi connectivity index (χ1) is 12.2. The van der Waals surface area contributed by atoms with E-state index in [1.54, 1.807) is 35.7 Å². The number of hydrogen-bond donors (Lipinski definition) is 2. The molecule has 0 saturated heterocycles. The van der Waals surface area contributed by atoms with Gasteiger partial charge in [-0.2, -0.15) is 0 Å². The number of aromatic nitrogens is 1. The molecule has 1 amide bonds. The van der Waals surface area contributed by atoms with Crippen LogP contribution < -0.4 is 15.8 Å². The van der Waals surface area contributed by atoms with Gasteiger partial charge in [-0.1, -0.05) is 18.2 Å². The number of nitrogen functional groups attached to an aromatic ring is 1. The quantitative estimate of drug-likeness (QED) is 0.662. The van der Waals surface area contributed by atoms with Gasteiger partial charge >= 0.3 is 0 Å². The van der Waals surface area contributed by atoms with Gasteiger partial charge in [0, 0.05) is 29.4 Å². The fourth-order valence-electron chi connectivity index (χ4n) is 2.46. The minimum absolute atomic E-state index is 0.213. The van der Waals surface area contributed by atoms with E-state index in [0.717, 1.165) is 16.1 Å². The Hall–Kier alpha value is -2.86. The van der Waals surface area contributed by atoms with Gasteiger partial charge < -0.3 is 15.8 Å². The molecular weight excluding hydrogens is 334 g/mol. The Morgan fingerprint density at radius 2 is 2.16 bits per heavy atom. The molecule has 6 heteroatoms. The lowest BCUT2D eigenvalue weighted by molar-refractivity contribution is 0.0947. The van der Waals surface area contributed by atoms with Crippen molar-refractivity contribution < 1.29 is 9.53 Å². The molecule has 0 unspecified atom stereocenters. The van der Waals surface area contributed by atoms with E-state index in [2.05, 4.69) is 10.3 Å². The molecule has 0 bridgehead atoms. The van der Waals surface area contributed by atoms with Crippen molar-refractivity contribution in [1.82, 2.24) is 10.3 Å².